The summed E-state index contributed by atoms with van der Waals surface area (Å²) in [5, 5.41) is 11.6. The molecule has 1 amide bonds. The van der Waals surface area contributed by atoms with Crippen LogP contribution in [0.4, 0.5) is 0 Å². The normalized spacial score (nSPS) is 12.6. The summed E-state index contributed by atoms with van der Waals surface area (Å²) < 4.78 is 0. The minimum atomic E-state index is -0.582. The van der Waals surface area contributed by atoms with Crippen LogP contribution in [-0.4, -0.2) is 18.5 Å². The van der Waals surface area contributed by atoms with Crippen LogP contribution in [0.3, 0.4) is 0 Å². The average Bonchev–Trinajstić information content (AvgIpc) is 2.37. The molecule has 0 heterocycles. The molecule has 0 aliphatic carbocycles. The number of carbonyl (C=O) groups is 1. The number of nitriles is 1. The van der Waals surface area contributed by atoms with E-state index in [1.54, 1.807) is 13.8 Å². The van der Waals surface area contributed by atoms with Crippen molar-refractivity contribution in [1.29, 1.82) is 5.26 Å². The first-order valence-electron chi connectivity index (χ1n) is 5.93. The van der Waals surface area contributed by atoms with E-state index < -0.39 is 11.5 Å². The van der Waals surface area contributed by atoms with Crippen LogP contribution in [0.1, 0.15) is 19.4 Å². The SMILES string of the molecule is CC(C)(C#N)CNC(=O)C(N)Cc1ccccc1. The van der Waals surface area contributed by atoms with Crippen molar-refractivity contribution in [1.82, 2.24) is 5.32 Å². The lowest BCUT2D eigenvalue weighted by molar-refractivity contribution is -0.122. The van der Waals surface area contributed by atoms with Crippen LogP contribution in [0, 0.1) is 16.7 Å². The smallest absolute Gasteiger partial charge is 0.237 e. The van der Waals surface area contributed by atoms with E-state index in [9.17, 15) is 4.79 Å². The van der Waals surface area contributed by atoms with E-state index in [1.807, 2.05) is 30.3 Å². The first kappa shape index (κ1) is 14.2. The van der Waals surface area contributed by atoms with Gasteiger partial charge in [0.25, 0.3) is 0 Å². The number of hydrogen-bond acceptors (Lipinski definition) is 3. The van der Waals surface area contributed by atoms with Crippen LogP contribution >= 0.6 is 0 Å². The monoisotopic (exact) mass is 245 g/mol. The van der Waals surface area contributed by atoms with Crippen molar-refractivity contribution >= 4 is 5.91 Å². The summed E-state index contributed by atoms with van der Waals surface area (Å²) in [6.45, 7) is 3.86. The van der Waals surface area contributed by atoms with Crippen molar-refractivity contribution in [2.24, 2.45) is 11.1 Å². The molecular weight excluding hydrogens is 226 g/mol. The summed E-state index contributed by atoms with van der Waals surface area (Å²) in [6.07, 6.45) is 0.500. The van der Waals surface area contributed by atoms with Crippen molar-refractivity contribution in [3.8, 4) is 6.07 Å². The van der Waals surface area contributed by atoms with Crippen molar-refractivity contribution in [3.63, 3.8) is 0 Å². The quantitative estimate of drug-likeness (QED) is 0.818. The molecule has 0 bridgehead atoms. The van der Waals surface area contributed by atoms with Crippen molar-refractivity contribution in [2.45, 2.75) is 26.3 Å². The molecule has 0 aliphatic rings. The van der Waals surface area contributed by atoms with E-state index >= 15 is 0 Å². The summed E-state index contributed by atoms with van der Waals surface area (Å²) in [7, 11) is 0. The van der Waals surface area contributed by atoms with Gasteiger partial charge < -0.3 is 11.1 Å². The van der Waals surface area contributed by atoms with Crippen molar-refractivity contribution in [3.05, 3.63) is 35.9 Å². The number of nitrogens with zero attached hydrogens (tertiary/aromatic N) is 1. The number of benzene rings is 1. The number of carbonyl (C=O) groups excluding carboxylic acids is 1. The molecule has 1 rings (SSSR count). The Morgan fingerprint density at radius 3 is 2.61 bits per heavy atom. The zero-order valence-electron chi connectivity index (χ0n) is 10.8. The molecule has 0 saturated carbocycles. The van der Waals surface area contributed by atoms with Crippen LogP contribution in [0.25, 0.3) is 0 Å². The lowest BCUT2D eigenvalue weighted by Gasteiger charge is -2.18. The first-order chi connectivity index (χ1) is 8.44. The molecule has 0 aromatic heterocycles. The van der Waals surface area contributed by atoms with Crippen LogP contribution < -0.4 is 11.1 Å². The molecule has 0 saturated heterocycles. The molecule has 96 valence electrons. The largest absolute Gasteiger partial charge is 0.353 e. The maximum absolute atomic E-state index is 11.8. The van der Waals surface area contributed by atoms with Gasteiger partial charge in [0, 0.05) is 6.54 Å². The molecule has 1 aromatic rings. The molecule has 3 N–H and O–H groups in total. The van der Waals surface area contributed by atoms with Crippen LogP contribution in [0.15, 0.2) is 30.3 Å². The van der Waals surface area contributed by atoms with Gasteiger partial charge in [-0.2, -0.15) is 5.26 Å². The summed E-state index contributed by atoms with van der Waals surface area (Å²) in [4.78, 5) is 11.8. The number of rotatable bonds is 5. The van der Waals surface area contributed by atoms with E-state index in [1.165, 1.54) is 0 Å². The Morgan fingerprint density at radius 1 is 1.44 bits per heavy atom. The van der Waals surface area contributed by atoms with E-state index in [2.05, 4.69) is 11.4 Å². The fourth-order valence-corrected chi connectivity index (χ4v) is 1.44. The second kappa shape index (κ2) is 6.18. The second-order valence-corrected chi connectivity index (χ2v) is 5.01. The molecule has 0 aliphatic heterocycles. The van der Waals surface area contributed by atoms with Gasteiger partial charge in [-0.1, -0.05) is 30.3 Å². The van der Waals surface area contributed by atoms with Gasteiger partial charge in [0.1, 0.15) is 0 Å². The molecule has 0 radical (unpaired) electrons. The summed E-state index contributed by atoms with van der Waals surface area (Å²) in [6, 6.07) is 11.2. The highest BCUT2D eigenvalue weighted by molar-refractivity contribution is 5.81. The van der Waals surface area contributed by atoms with Crippen LogP contribution in [-0.2, 0) is 11.2 Å². The Bertz CT molecular complexity index is 434. The fourth-order valence-electron chi connectivity index (χ4n) is 1.44. The molecule has 0 fully saturated rings. The lowest BCUT2D eigenvalue weighted by atomic mass is 9.96. The zero-order chi connectivity index (χ0) is 13.6. The summed E-state index contributed by atoms with van der Waals surface area (Å²) >= 11 is 0. The fraction of sp³-hybridized carbons (Fsp3) is 0.429. The zero-order valence-corrected chi connectivity index (χ0v) is 10.8. The Morgan fingerprint density at radius 2 is 2.06 bits per heavy atom. The van der Waals surface area contributed by atoms with E-state index in [0.29, 0.717) is 13.0 Å². The van der Waals surface area contributed by atoms with Gasteiger partial charge in [0.05, 0.1) is 17.5 Å². The highest BCUT2D eigenvalue weighted by Gasteiger charge is 2.20. The number of amides is 1. The predicted molar refractivity (Wildman–Crippen MR) is 70.5 cm³/mol. The number of nitrogens with two attached hydrogens (primary N) is 1. The molecular formula is C14H19N3O. The van der Waals surface area contributed by atoms with Crippen LogP contribution in [0.5, 0.6) is 0 Å². The van der Waals surface area contributed by atoms with Crippen LogP contribution in [0.2, 0.25) is 0 Å². The van der Waals surface area contributed by atoms with E-state index in [4.69, 9.17) is 11.0 Å². The van der Waals surface area contributed by atoms with Gasteiger partial charge in [-0.05, 0) is 25.8 Å². The van der Waals surface area contributed by atoms with Gasteiger partial charge in [0.15, 0.2) is 0 Å². The summed E-state index contributed by atoms with van der Waals surface area (Å²) in [5.74, 6) is -0.220. The van der Waals surface area contributed by atoms with Crippen molar-refractivity contribution < 1.29 is 4.79 Å². The third-order valence-corrected chi connectivity index (χ3v) is 2.64. The van der Waals surface area contributed by atoms with Gasteiger partial charge in [-0.3, -0.25) is 4.79 Å². The first-order valence-corrected chi connectivity index (χ1v) is 5.93. The Hall–Kier alpha value is -1.86. The Balaban J connectivity index is 2.46. The number of nitrogens with one attached hydrogen (secondary N) is 1. The lowest BCUT2D eigenvalue weighted by Crippen LogP contribution is -2.44. The minimum Gasteiger partial charge on any atom is -0.353 e. The molecule has 1 unspecified atom stereocenters. The predicted octanol–water partition coefficient (Wildman–Crippen LogP) is 1.22. The van der Waals surface area contributed by atoms with E-state index in [-0.39, 0.29) is 5.91 Å². The molecule has 4 heteroatoms. The maximum atomic E-state index is 11.8. The number of hydrogen-bond donors (Lipinski definition) is 2. The second-order valence-electron chi connectivity index (χ2n) is 5.01. The van der Waals surface area contributed by atoms with Gasteiger partial charge >= 0.3 is 0 Å². The Labute approximate surface area is 108 Å². The van der Waals surface area contributed by atoms with Gasteiger partial charge in [-0.25, -0.2) is 0 Å². The van der Waals surface area contributed by atoms with Gasteiger partial charge in [0.2, 0.25) is 5.91 Å². The molecule has 1 aromatic carbocycles. The Kier molecular flexibility index (Phi) is 4.87. The molecule has 18 heavy (non-hydrogen) atoms. The summed E-state index contributed by atoms with van der Waals surface area (Å²) in [5.41, 5.74) is 6.29. The van der Waals surface area contributed by atoms with Gasteiger partial charge in [-0.15, -0.1) is 0 Å². The topological polar surface area (TPSA) is 78.9 Å². The molecule has 0 spiro atoms. The average molecular weight is 245 g/mol. The molecule has 4 nitrogen and oxygen atoms in total. The third-order valence-electron chi connectivity index (χ3n) is 2.64. The highest BCUT2D eigenvalue weighted by Crippen LogP contribution is 2.10. The standard InChI is InChI=1S/C14H19N3O/c1-14(2,9-15)10-17-13(18)12(16)8-11-6-4-3-5-7-11/h3-7,12H,8,10,16H2,1-2H3,(H,17,18). The maximum Gasteiger partial charge on any atom is 0.237 e. The van der Waals surface area contributed by atoms with Crippen molar-refractivity contribution in [2.75, 3.05) is 6.54 Å². The van der Waals surface area contributed by atoms with E-state index in [0.717, 1.165) is 5.56 Å². The minimum absolute atomic E-state index is 0.220. The third kappa shape index (κ3) is 4.56. The highest BCUT2D eigenvalue weighted by atomic mass is 16.2. The molecule has 1 atom stereocenters.